The van der Waals surface area contributed by atoms with Gasteiger partial charge in [0, 0.05) is 31.2 Å². The number of carbonyl (C=O) groups excluding carboxylic acids is 2. The summed E-state index contributed by atoms with van der Waals surface area (Å²) in [5.74, 6) is -0.0377. The molecule has 2 heterocycles. The van der Waals surface area contributed by atoms with Gasteiger partial charge in [-0.05, 0) is 83.8 Å². The topological polar surface area (TPSA) is 68.3 Å². The fourth-order valence-corrected chi connectivity index (χ4v) is 4.53. The Labute approximate surface area is 208 Å². The predicted octanol–water partition coefficient (Wildman–Crippen LogP) is 4.22. The summed E-state index contributed by atoms with van der Waals surface area (Å²) in [6.07, 6.45) is -0.336. The molecule has 1 atom stereocenters. The van der Waals surface area contributed by atoms with Crippen LogP contribution in [0, 0.1) is 0 Å². The fraction of sp³-hybridized carbons (Fsp3) is 0.556. The van der Waals surface area contributed by atoms with E-state index in [1.165, 1.54) is 0 Å². The van der Waals surface area contributed by atoms with Crippen molar-refractivity contribution in [2.75, 3.05) is 19.6 Å². The second-order valence-electron chi connectivity index (χ2n) is 11.6. The van der Waals surface area contributed by atoms with Crippen molar-refractivity contribution in [2.24, 2.45) is 0 Å². The lowest BCUT2D eigenvalue weighted by Crippen LogP contribution is -2.56. The molecule has 2 aromatic rings. The fourth-order valence-electron chi connectivity index (χ4n) is 4.53. The molecule has 4 rings (SSSR count). The Balaban J connectivity index is 1.51. The molecule has 0 bridgehead atoms. The van der Waals surface area contributed by atoms with Crippen molar-refractivity contribution in [2.45, 2.75) is 78.2 Å². The molecule has 8 heteroatoms. The van der Waals surface area contributed by atoms with E-state index in [0.717, 1.165) is 16.2 Å². The molecule has 2 fully saturated rings. The molecule has 7 nitrogen and oxygen atoms in total. The molecule has 0 saturated carbocycles. The van der Waals surface area contributed by atoms with Crippen molar-refractivity contribution in [1.82, 2.24) is 9.80 Å². The number of hydrogen-bond donors (Lipinski definition) is 0. The summed E-state index contributed by atoms with van der Waals surface area (Å²) in [6, 6.07) is 11.7. The number of rotatable bonds is 2. The number of nitrogens with zero attached hydrogens (tertiary/aromatic N) is 2. The minimum atomic E-state index is -0.544. The summed E-state index contributed by atoms with van der Waals surface area (Å²) in [7, 11) is -0.466. The van der Waals surface area contributed by atoms with E-state index < -0.39 is 23.9 Å². The molecule has 188 valence electrons. The van der Waals surface area contributed by atoms with Crippen molar-refractivity contribution in [3.05, 3.63) is 42.0 Å². The zero-order chi connectivity index (χ0) is 25.8. The van der Waals surface area contributed by atoms with E-state index >= 15 is 0 Å². The number of hydrogen-bond acceptors (Lipinski definition) is 5. The number of piperazine rings is 1. The lowest BCUT2D eigenvalue weighted by Gasteiger charge is -2.40. The van der Waals surface area contributed by atoms with Gasteiger partial charge in [-0.2, -0.15) is 0 Å². The quantitative estimate of drug-likeness (QED) is 0.603. The lowest BCUT2D eigenvalue weighted by molar-refractivity contribution is 0.00578. The zero-order valence-electron chi connectivity index (χ0n) is 22.2. The highest BCUT2D eigenvalue weighted by molar-refractivity contribution is 6.65. The molecular formula is C27H37BN2O5. The Kier molecular flexibility index (Phi) is 6.43. The highest BCUT2D eigenvalue weighted by Gasteiger charge is 2.52. The van der Waals surface area contributed by atoms with Gasteiger partial charge < -0.3 is 23.8 Å². The SMILES string of the molecule is C[C@@H]1CN(C(=O)OC(C)(C)C)CCN1C(=O)c1ccc2c(B3OC(C)(C)C(C)(C)O3)cccc2c1. The Morgan fingerprint density at radius 1 is 1.03 bits per heavy atom. The van der Waals surface area contributed by atoms with Crippen LogP contribution in [-0.2, 0) is 14.0 Å². The largest absolute Gasteiger partial charge is 0.495 e. The van der Waals surface area contributed by atoms with Crippen molar-refractivity contribution in [1.29, 1.82) is 0 Å². The molecular weight excluding hydrogens is 443 g/mol. The summed E-state index contributed by atoms with van der Waals surface area (Å²) in [5.41, 5.74) is 0.193. The van der Waals surface area contributed by atoms with Gasteiger partial charge in [0.05, 0.1) is 11.2 Å². The monoisotopic (exact) mass is 480 g/mol. The second kappa shape index (κ2) is 8.82. The molecule has 0 spiro atoms. The molecule has 2 aliphatic heterocycles. The number of benzene rings is 2. The second-order valence-corrected chi connectivity index (χ2v) is 11.6. The number of carbonyl (C=O) groups is 2. The molecule has 0 aliphatic carbocycles. The Morgan fingerprint density at radius 3 is 2.29 bits per heavy atom. The maximum absolute atomic E-state index is 13.4. The van der Waals surface area contributed by atoms with E-state index in [0.29, 0.717) is 25.2 Å². The van der Waals surface area contributed by atoms with Crippen LogP contribution in [0.1, 0.15) is 65.7 Å². The highest BCUT2D eigenvalue weighted by atomic mass is 16.7. The van der Waals surface area contributed by atoms with Crippen LogP contribution in [0.3, 0.4) is 0 Å². The Morgan fingerprint density at radius 2 is 1.69 bits per heavy atom. The maximum atomic E-state index is 13.4. The van der Waals surface area contributed by atoms with Gasteiger partial charge in [0.2, 0.25) is 0 Å². The van der Waals surface area contributed by atoms with E-state index in [4.69, 9.17) is 14.0 Å². The minimum absolute atomic E-state index is 0.0377. The molecule has 2 aromatic carbocycles. The van der Waals surface area contributed by atoms with Crippen LogP contribution in [0.15, 0.2) is 36.4 Å². The van der Waals surface area contributed by atoms with Gasteiger partial charge in [-0.1, -0.05) is 24.3 Å². The third-order valence-electron chi connectivity index (χ3n) is 7.21. The molecule has 0 aromatic heterocycles. The van der Waals surface area contributed by atoms with Crippen molar-refractivity contribution in [3.63, 3.8) is 0 Å². The number of fused-ring (bicyclic) bond motifs is 1. The lowest BCUT2D eigenvalue weighted by atomic mass is 9.76. The molecule has 2 aliphatic rings. The minimum Gasteiger partial charge on any atom is -0.444 e. The van der Waals surface area contributed by atoms with Gasteiger partial charge in [0.15, 0.2) is 0 Å². The van der Waals surface area contributed by atoms with Crippen molar-refractivity contribution >= 4 is 35.4 Å². The van der Waals surface area contributed by atoms with Gasteiger partial charge in [-0.3, -0.25) is 4.79 Å². The Bertz CT molecular complexity index is 1120. The van der Waals surface area contributed by atoms with Crippen LogP contribution in [0.5, 0.6) is 0 Å². The van der Waals surface area contributed by atoms with Crippen molar-refractivity contribution < 1.29 is 23.6 Å². The third kappa shape index (κ3) is 5.05. The van der Waals surface area contributed by atoms with E-state index in [1.807, 2.05) is 96.7 Å². The maximum Gasteiger partial charge on any atom is 0.495 e. The highest BCUT2D eigenvalue weighted by Crippen LogP contribution is 2.37. The average Bonchev–Trinajstić information content (AvgIpc) is 2.98. The predicted molar refractivity (Wildman–Crippen MR) is 138 cm³/mol. The van der Waals surface area contributed by atoms with Gasteiger partial charge in [0.1, 0.15) is 5.60 Å². The van der Waals surface area contributed by atoms with Crippen LogP contribution in [0.4, 0.5) is 4.79 Å². The van der Waals surface area contributed by atoms with E-state index in [-0.39, 0.29) is 18.0 Å². The molecule has 0 unspecified atom stereocenters. The van der Waals surface area contributed by atoms with Gasteiger partial charge in [-0.25, -0.2) is 4.79 Å². The average molecular weight is 480 g/mol. The first-order valence-electron chi connectivity index (χ1n) is 12.4. The molecule has 2 saturated heterocycles. The first kappa shape index (κ1) is 25.5. The first-order chi connectivity index (χ1) is 16.2. The summed E-state index contributed by atoms with van der Waals surface area (Å²) in [5, 5.41) is 1.97. The third-order valence-corrected chi connectivity index (χ3v) is 7.21. The molecule has 0 N–H and O–H groups in total. The molecule has 2 amide bonds. The zero-order valence-corrected chi connectivity index (χ0v) is 22.2. The van der Waals surface area contributed by atoms with Crippen LogP contribution >= 0.6 is 0 Å². The Hall–Kier alpha value is -2.58. The standard InChI is InChI=1S/C27H37BN2O5/c1-18-17-29(24(32)33-25(2,3)4)14-15-30(18)23(31)20-12-13-21-19(16-20)10-9-11-22(21)28-34-26(5,6)27(7,8)35-28/h9-13,16,18H,14-15,17H2,1-8H3/t18-/m1/s1. The van der Waals surface area contributed by atoms with E-state index in [1.54, 1.807) is 4.90 Å². The van der Waals surface area contributed by atoms with Crippen LogP contribution < -0.4 is 5.46 Å². The summed E-state index contributed by atoms with van der Waals surface area (Å²) in [4.78, 5) is 29.4. The van der Waals surface area contributed by atoms with E-state index in [9.17, 15) is 9.59 Å². The van der Waals surface area contributed by atoms with Crippen LogP contribution in [-0.4, -0.2) is 71.4 Å². The van der Waals surface area contributed by atoms with Gasteiger partial charge >= 0.3 is 13.2 Å². The molecule has 0 radical (unpaired) electrons. The smallest absolute Gasteiger partial charge is 0.444 e. The van der Waals surface area contributed by atoms with Crippen LogP contribution in [0.25, 0.3) is 10.8 Å². The van der Waals surface area contributed by atoms with Gasteiger partial charge in [-0.15, -0.1) is 0 Å². The van der Waals surface area contributed by atoms with E-state index in [2.05, 4.69) is 0 Å². The summed E-state index contributed by atoms with van der Waals surface area (Å²) < 4.78 is 18.0. The van der Waals surface area contributed by atoms with Crippen molar-refractivity contribution in [3.8, 4) is 0 Å². The first-order valence-corrected chi connectivity index (χ1v) is 12.4. The summed E-state index contributed by atoms with van der Waals surface area (Å²) in [6.45, 7) is 17.0. The number of amides is 2. The number of ether oxygens (including phenoxy) is 1. The van der Waals surface area contributed by atoms with Crippen LogP contribution in [0.2, 0.25) is 0 Å². The summed E-state index contributed by atoms with van der Waals surface area (Å²) >= 11 is 0. The molecule has 35 heavy (non-hydrogen) atoms. The normalized spacial score (nSPS) is 21.9. The van der Waals surface area contributed by atoms with Gasteiger partial charge in [0.25, 0.3) is 5.91 Å².